The van der Waals surface area contributed by atoms with Gasteiger partial charge < -0.3 is 5.11 Å². The van der Waals surface area contributed by atoms with Gasteiger partial charge in [0.25, 0.3) is 0 Å². The van der Waals surface area contributed by atoms with Crippen LogP contribution in [0.5, 0.6) is 0 Å². The molecule has 0 aromatic rings. The molecule has 0 aliphatic heterocycles. The van der Waals surface area contributed by atoms with Crippen LogP contribution in [0.1, 0.15) is 27.7 Å². The van der Waals surface area contributed by atoms with Crippen molar-refractivity contribution >= 4 is 0 Å². The lowest BCUT2D eigenvalue weighted by atomic mass is 10.1. The Morgan fingerprint density at radius 1 is 1.44 bits per heavy atom. The maximum atomic E-state index is 9.20. The highest BCUT2D eigenvalue weighted by Crippen LogP contribution is 2.59. The molecule has 3 atom stereocenters. The zero-order chi connectivity index (χ0) is 7.23. The molecular weight excluding hydrogens is 112 g/mol. The third kappa shape index (κ3) is 0.877. The summed E-state index contributed by atoms with van der Waals surface area (Å²) >= 11 is 0. The van der Waals surface area contributed by atoms with Gasteiger partial charge in [0.2, 0.25) is 0 Å². The molecule has 0 radical (unpaired) electrons. The van der Waals surface area contributed by atoms with E-state index in [1.807, 2.05) is 6.92 Å². The quantitative estimate of drug-likeness (QED) is 0.569. The van der Waals surface area contributed by atoms with Crippen LogP contribution in [0.25, 0.3) is 0 Å². The molecular formula is C8H16O. The highest BCUT2D eigenvalue weighted by atomic mass is 16.3. The standard InChI is InChI=1S/C8H16O/c1-5-7(6(2)9)8(5,3)4/h5-7,9H,1-4H3/t5-,6?,7-/m1/s1. The van der Waals surface area contributed by atoms with Gasteiger partial charge in [-0.2, -0.15) is 0 Å². The zero-order valence-corrected chi connectivity index (χ0v) is 6.68. The Hall–Kier alpha value is -0.0400. The lowest BCUT2D eigenvalue weighted by molar-refractivity contribution is 0.153. The monoisotopic (exact) mass is 128 g/mol. The molecule has 1 nitrogen and oxygen atoms in total. The molecule has 9 heavy (non-hydrogen) atoms. The van der Waals surface area contributed by atoms with E-state index in [4.69, 9.17) is 0 Å². The first-order chi connectivity index (χ1) is 3.98. The van der Waals surface area contributed by atoms with E-state index in [-0.39, 0.29) is 6.10 Å². The SMILES string of the molecule is CC(O)[C@H]1[C@@H](C)C1(C)C. The Balaban J connectivity index is 2.52. The van der Waals surface area contributed by atoms with Gasteiger partial charge in [0.15, 0.2) is 0 Å². The molecule has 1 rings (SSSR count). The van der Waals surface area contributed by atoms with E-state index < -0.39 is 0 Å². The number of aliphatic hydroxyl groups is 1. The molecule has 0 spiro atoms. The van der Waals surface area contributed by atoms with Gasteiger partial charge in [-0.05, 0) is 24.2 Å². The van der Waals surface area contributed by atoms with Gasteiger partial charge in [0.05, 0.1) is 6.10 Å². The average Bonchev–Trinajstić information content (AvgIpc) is 2.07. The maximum Gasteiger partial charge on any atom is 0.0548 e. The highest BCUT2D eigenvalue weighted by Gasteiger charge is 2.56. The van der Waals surface area contributed by atoms with E-state index in [9.17, 15) is 5.11 Å². The molecule has 0 amide bonds. The molecule has 0 bridgehead atoms. The van der Waals surface area contributed by atoms with Gasteiger partial charge >= 0.3 is 0 Å². The van der Waals surface area contributed by atoms with Crippen molar-refractivity contribution in [1.82, 2.24) is 0 Å². The minimum absolute atomic E-state index is 0.116. The van der Waals surface area contributed by atoms with E-state index in [2.05, 4.69) is 20.8 Å². The topological polar surface area (TPSA) is 20.2 Å². The Morgan fingerprint density at radius 3 is 1.78 bits per heavy atom. The van der Waals surface area contributed by atoms with Gasteiger partial charge in [0.1, 0.15) is 0 Å². The first kappa shape index (κ1) is 7.07. The van der Waals surface area contributed by atoms with Crippen molar-refractivity contribution in [2.45, 2.75) is 33.8 Å². The molecule has 1 fully saturated rings. The first-order valence-corrected chi connectivity index (χ1v) is 3.66. The van der Waals surface area contributed by atoms with Gasteiger partial charge in [-0.1, -0.05) is 20.8 Å². The smallest absolute Gasteiger partial charge is 0.0548 e. The normalized spacial score (nSPS) is 42.3. The van der Waals surface area contributed by atoms with Crippen molar-refractivity contribution < 1.29 is 5.11 Å². The number of rotatable bonds is 1. The minimum atomic E-state index is -0.116. The summed E-state index contributed by atoms with van der Waals surface area (Å²) in [6.45, 7) is 8.53. The van der Waals surface area contributed by atoms with E-state index in [0.717, 1.165) is 0 Å². The second-order valence-electron chi connectivity index (χ2n) is 3.88. The summed E-state index contributed by atoms with van der Waals surface area (Å²) in [6, 6.07) is 0. The molecule has 0 heterocycles. The lowest BCUT2D eigenvalue weighted by Gasteiger charge is -2.03. The van der Waals surface area contributed by atoms with Crippen molar-refractivity contribution in [3.8, 4) is 0 Å². The molecule has 0 saturated heterocycles. The Kier molecular flexibility index (Phi) is 1.35. The second kappa shape index (κ2) is 1.72. The largest absolute Gasteiger partial charge is 0.393 e. The van der Waals surface area contributed by atoms with Gasteiger partial charge in [-0.25, -0.2) is 0 Å². The summed E-state index contributed by atoms with van der Waals surface area (Å²) in [5.74, 6) is 1.25. The fraction of sp³-hybridized carbons (Fsp3) is 1.00. The van der Waals surface area contributed by atoms with Crippen molar-refractivity contribution in [2.24, 2.45) is 17.3 Å². The summed E-state index contributed by atoms with van der Waals surface area (Å²) < 4.78 is 0. The molecule has 0 aromatic carbocycles. The van der Waals surface area contributed by atoms with E-state index >= 15 is 0 Å². The van der Waals surface area contributed by atoms with Crippen molar-refractivity contribution in [2.75, 3.05) is 0 Å². The number of hydrogen-bond acceptors (Lipinski definition) is 1. The van der Waals surface area contributed by atoms with Crippen LogP contribution in [0.2, 0.25) is 0 Å². The third-order valence-corrected chi connectivity index (χ3v) is 2.98. The molecule has 1 heteroatoms. The van der Waals surface area contributed by atoms with Crippen LogP contribution in [0.4, 0.5) is 0 Å². The molecule has 1 saturated carbocycles. The van der Waals surface area contributed by atoms with Crippen LogP contribution < -0.4 is 0 Å². The second-order valence-corrected chi connectivity index (χ2v) is 3.88. The van der Waals surface area contributed by atoms with Crippen LogP contribution in [-0.2, 0) is 0 Å². The fourth-order valence-corrected chi connectivity index (χ4v) is 1.98. The van der Waals surface area contributed by atoms with E-state index in [1.54, 1.807) is 0 Å². The molecule has 54 valence electrons. The molecule has 1 aliphatic carbocycles. The highest BCUT2D eigenvalue weighted by molar-refractivity contribution is 5.04. The fourth-order valence-electron chi connectivity index (χ4n) is 1.98. The van der Waals surface area contributed by atoms with Crippen LogP contribution in [-0.4, -0.2) is 11.2 Å². The maximum absolute atomic E-state index is 9.20. The molecule has 1 N–H and O–H groups in total. The zero-order valence-electron chi connectivity index (χ0n) is 6.68. The van der Waals surface area contributed by atoms with Crippen molar-refractivity contribution in [3.05, 3.63) is 0 Å². The van der Waals surface area contributed by atoms with Crippen LogP contribution in [0, 0.1) is 17.3 Å². The van der Waals surface area contributed by atoms with Crippen LogP contribution >= 0.6 is 0 Å². The van der Waals surface area contributed by atoms with Crippen LogP contribution in [0.15, 0.2) is 0 Å². The average molecular weight is 128 g/mol. The summed E-state index contributed by atoms with van der Waals surface area (Å²) in [5.41, 5.74) is 0.397. The van der Waals surface area contributed by atoms with Gasteiger partial charge in [-0.3, -0.25) is 0 Å². The predicted molar refractivity (Wildman–Crippen MR) is 38.1 cm³/mol. The summed E-state index contributed by atoms with van der Waals surface area (Å²) in [7, 11) is 0. The number of hydrogen-bond donors (Lipinski definition) is 1. The van der Waals surface area contributed by atoms with Crippen molar-refractivity contribution in [3.63, 3.8) is 0 Å². The van der Waals surface area contributed by atoms with E-state index in [1.165, 1.54) is 0 Å². The summed E-state index contributed by atoms with van der Waals surface area (Å²) in [4.78, 5) is 0. The molecule has 1 aliphatic rings. The van der Waals surface area contributed by atoms with Gasteiger partial charge in [-0.15, -0.1) is 0 Å². The third-order valence-electron chi connectivity index (χ3n) is 2.98. The minimum Gasteiger partial charge on any atom is -0.393 e. The first-order valence-electron chi connectivity index (χ1n) is 3.66. The molecule has 1 unspecified atom stereocenters. The molecule has 0 aromatic heterocycles. The van der Waals surface area contributed by atoms with Crippen LogP contribution in [0.3, 0.4) is 0 Å². The summed E-state index contributed by atoms with van der Waals surface area (Å²) in [6.07, 6.45) is -0.116. The number of aliphatic hydroxyl groups excluding tert-OH is 1. The summed E-state index contributed by atoms with van der Waals surface area (Å²) in [5, 5.41) is 9.20. The Morgan fingerprint density at radius 2 is 1.78 bits per heavy atom. The lowest BCUT2D eigenvalue weighted by Crippen LogP contribution is -2.07. The Labute approximate surface area is 57.1 Å². The Bertz CT molecular complexity index is 116. The van der Waals surface area contributed by atoms with Gasteiger partial charge in [0, 0.05) is 0 Å². The van der Waals surface area contributed by atoms with E-state index in [0.29, 0.717) is 17.3 Å². The predicted octanol–water partition coefficient (Wildman–Crippen LogP) is 1.66. The van der Waals surface area contributed by atoms with Crippen molar-refractivity contribution in [1.29, 1.82) is 0 Å².